The van der Waals surface area contributed by atoms with Crippen LogP contribution in [0.25, 0.3) is 0 Å². The molecule has 1 N–H and O–H groups in total. The minimum absolute atomic E-state index is 0.802. The maximum Gasteiger partial charge on any atom is 0.0707 e. The average molecular weight is 200 g/mol. The quantitative estimate of drug-likeness (QED) is 0.571. The molecule has 10 heavy (non-hydrogen) atoms. The third-order valence-electron chi connectivity index (χ3n) is 1.29. The predicted molar refractivity (Wildman–Crippen MR) is 48.6 cm³/mol. The van der Waals surface area contributed by atoms with E-state index in [-0.39, 0.29) is 0 Å². The van der Waals surface area contributed by atoms with Crippen LogP contribution in [0.5, 0.6) is 0 Å². The maximum atomic E-state index is 3.30. The first kappa shape index (κ1) is 7.61. The molecular weight excluding hydrogens is 190 g/mol. The van der Waals surface area contributed by atoms with Crippen molar-refractivity contribution in [2.75, 3.05) is 10.8 Å². The van der Waals surface area contributed by atoms with Gasteiger partial charge in [-0.1, -0.05) is 28.1 Å². The van der Waals surface area contributed by atoms with Crippen molar-refractivity contribution in [2.45, 2.75) is 6.92 Å². The molecule has 0 unspecified atom stereocenters. The highest BCUT2D eigenvalue weighted by molar-refractivity contribution is 9.09. The Morgan fingerprint density at radius 2 is 2.30 bits per heavy atom. The molecule has 0 aliphatic rings. The van der Waals surface area contributed by atoms with Crippen molar-refractivity contribution in [3.8, 4) is 0 Å². The fraction of sp³-hybridized carbons (Fsp3) is 0.250. The summed E-state index contributed by atoms with van der Waals surface area (Å²) in [5.74, 6) is 0. The first-order valence-corrected chi connectivity index (χ1v) is 4.31. The summed E-state index contributed by atoms with van der Waals surface area (Å²) in [6.45, 7) is 2.08. The standard InChI is InChI=1S/C8H10BrN/c1-7-3-2-4-8(5-7)10-6-9/h2-5,10H,6H2,1H3. The summed E-state index contributed by atoms with van der Waals surface area (Å²) in [6, 6.07) is 8.29. The summed E-state index contributed by atoms with van der Waals surface area (Å²) in [6.07, 6.45) is 0. The van der Waals surface area contributed by atoms with Gasteiger partial charge in [0.25, 0.3) is 0 Å². The Morgan fingerprint density at radius 3 is 2.90 bits per heavy atom. The van der Waals surface area contributed by atoms with Crippen molar-refractivity contribution in [3.63, 3.8) is 0 Å². The van der Waals surface area contributed by atoms with E-state index in [1.807, 2.05) is 12.1 Å². The van der Waals surface area contributed by atoms with Crippen LogP contribution in [0.15, 0.2) is 24.3 Å². The number of alkyl halides is 1. The van der Waals surface area contributed by atoms with Crippen molar-refractivity contribution in [2.24, 2.45) is 0 Å². The Kier molecular flexibility index (Phi) is 2.75. The van der Waals surface area contributed by atoms with Gasteiger partial charge in [-0.05, 0) is 24.6 Å². The number of halogens is 1. The molecule has 0 aromatic heterocycles. The van der Waals surface area contributed by atoms with Crippen molar-refractivity contribution in [1.29, 1.82) is 0 Å². The summed E-state index contributed by atoms with van der Waals surface area (Å²) >= 11 is 3.30. The smallest absolute Gasteiger partial charge is 0.0707 e. The van der Waals surface area contributed by atoms with Crippen molar-refractivity contribution < 1.29 is 0 Å². The molecule has 0 radical (unpaired) electrons. The molecule has 0 heterocycles. The highest BCUT2D eigenvalue weighted by Crippen LogP contribution is 2.09. The largest absolute Gasteiger partial charge is 0.375 e. The third kappa shape index (κ3) is 2.03. The van der Waals surface area contributed by atoms with Gasteiger partial charge in [0.1, 0.15) is 0 Å². The summed E-state index contributed by atoms with van der Waals surface area (Å²) in [5.41, 5.74) is 3.25. The zero-order valence-corrected chi connectivity index (χ0v) is 7.48. The second-order valence-corrected chi connectivity index (χ2v) is 2.74. The molecule has 54 valence electrons. The monoisotopic (exact) mass is 199 g/mol. The highest BCUT2D eigenvalue weighted by atomic mass is 79.9. The van der Waals surface area contributed by atoms with Crippen LogP contribution in [0.2, 0.25) is 0 Å². The Morgan fingerprint density at radius 1 is 1.50 bits per heavy atom. The first-order valence-electron chi connectivity index (χ1n) is 3.19. The number of hydrogen-bond acceptors (Lipinski definition) is 1. The Labute approximate surface area is 69.6 Å². The number of nitrogens with one attached hydrogen (secondary N) is 1. The van der Waals surface area contributed by atoms with E-state index in [0.717, 1.165) is 11.1 Å². The summed E-state index contributed by atoms with van der Waals surface area (Å²) in [7, 11) is 0. The molecule has 2 heteroatoms. The van der Waals surface area contributed by atoms with Crippen LogP contribution in [0.3, 0.4) is 0 Å². The Balaban J connectivity index is 2.75. The molecule has 1 rings (SSSR count). The fourth-order valence-corrected chi connectivity index (χ4v) is 1.16. The van der Waals surface area contributed by atoms with Gasteiger partial charge in [-0.2, -0.15) is 0 Å². The van der Waals surface area contributed by atoms with E-state index < -0.39 is 0 Å². The lowest BCUT2D eigenvalue weighted by molar-refractivity contribution is 1.42. The van der Waals surface area contributed by atoms with Crippen LogP contribution in [0, 0.1) is 6.92 Å². The van der Waals surface area contributed by atoms with Gasteiger partial charge in [0.05, 0.1) is 5.45 Å². The zero-order chi connectivity index (χ0) is 7.40. The van der Waals surface area contributed by atoms with Gasteiger partial charge in [0.2, 0.25) is 0 Å². The molecular formula is C8H10BrN. The zero-order valence-electron chi connectivity index (χ0n) is 5.89. The molecule has 0 fully saturated rings. The molecule has 1 aromatic rings. The maximum absolute atomic E-state index is 3.30. The fourth-order valence-electron chi connectivity index (χ4n) is 0.832. The molecule has 0 aliphatic heterocycles. The molecule has 0 aliphatic carbocycles. The van der Waals surface area contributed by atoms with Gasteiger partial charge in [-0.15, -0.1) is 0 Å². The summed E-state index contributed by atoms with van der Waals surface area (Å²) < 4.78 is 0. The van der Waals surface area contributed by atoms with Crippen molar-refractivity contribution in [1.82, 2.24) is 0 Å². The van der Waals surface area contributed by atoms with Gasteiger partial charge >= 0.3 is 0 Å². The lowest BCUT2D eigenvalue weighted by Crippen LogP contribution is -1.92. The van der Waals surface area contributed by atoms with Gasteiger partial charge in [-0.3, -0.25) is 0 Å². The minimum Gasteiger partial charge on any atom is -0.375 e. The molecule has 0 atom stereocenters. The summed E-state index contributed by atoms with van der Waals surface area (Å²) in [5, 5.41) is 3.16. The predicted octanol–water partition coefficient (Wildman–Crippen LogP) is 2.76. The SMILES string of the molecule is Cc1cccc(NCBr)c1. The van der Waals surface area contributed by atoms with E-state index in [0.29, 0.717) is 0 Å². The lowest BCUT2D eigenvalue weighted by Gasteiger charge is -2.01. The van der Waals surface area contributed by atoms with E-state index in [1.54, 1.807) is 0 Å². The topological polar surface area (TPSA) is 12.0 Å². The molecule has 0 spiro atoms. The van der Waals surface area contributed by atoms with Gasteiger partial charge in [-0.25, -0.2) is 0 Å². The van der Waals surface area contributed by atoms with E-state index in [2.05, 4.69) is 40.3 Å². The average Bonchev–Trinajstić information content (AvgIpc) is 1.88. The van der Waals surface area contributed by atoms with Gasteiger partial charge in [0, 0.05) is 5.69 Å². The second kappa shape index (κ2) is 3.62. The normalized spacial score (nSPS) is 9.40. The van der Waals surface area contributed by atoms with Crippen LogP contribution in [-0.4, -0.2) is 5.45 Å². The molecule has 1 nitrogen and oxygen atoms in total. The second-order valence-electron chi connectivity index (χ2n) is 2.18. The Hall–Kier alpha value is -0.500. The van der Waals surface area contributed by atoms with Crippen molar-refractivity contribution in [3.05, 3.63) is 29.8 Å². The van der Waals surface area contributed by atoms with Crippen LogP contribution in [-0.2, 0) is 0 Å². The Bertz CT molecular complexity index is 210. The minimum atomic E-state index is 0.802. The van der Waals surface area contributed by atoms with Gasteiger partial charge < -0.3 is 5.32 Å². The summed E-state index contributed by atoms with van der Waals surface area (Å²) in [4.78, 5) is 0. The van der Waals surface area contributed by atoms with Gasteiger partial charge in [0.15, 0.2) is 0 Å². The first-order chi connectivity index (χ1) is 4.83. The number of anilines is 1. The molecule has 0 saturated heterocycles. The van der Waals surface area contributed by atoms with Crippen LogP contribution in [0.1, 0.15) is 5.56 Å². The molecule has 0 saturated carbocycles. The number of hydrogen-bond donors (Lipinski definition) is 1. The van der Waals surface area contributed by atoms with Crippen molar-refractivity contribution >= 4 is 21.6 Å². The number of aryl methyl sites for hydroxylation is 1. The number of rotatable bonds is 2. The van der Waals surface area contributed by atoms with Crippen LogP contribution in [0.4, 0.5) is 5.69 Å². The van der Waals surface area contributed by atoms with E-state index >= 15 is 0 Å². The molecule has 1 aromatic carbocycles. The number of benzene rings is 1. The van der Waals surface area contributed by atoms with Crippen LogP contribution < -0.4 is 5.32 Å². The van der Waals surface area contributed by atoms with E-state index in [9.17, 15) is 0 Å². The lowest BCUT2D eigenvalue weighted by atomic mass is 10.2. The highest BCUT2D eigenvalue weighted by Gasteiger charge is 1.87. The third-order valence-corrected chi connectivity index (χ3v) is 1.57. The van der Waals surface area contributed by atoms with E-state index in [1.165, 1.54) is 5.56 Å². The van der Waals surface area contributed by atoms with Crippen LogP contribution >= 0.6 is 15.9 Å². The molecule has 0 bridgehead atoms. The molecule has 0 amide bonds. The van der Waals surface area contributed by atoms with E-state index in [4.69, 9.17) is 0 Å².